The van der Waals surface area contributed by atoms with Crippen LogP contribution < -0.4 is 10.6 Å². The highest BCUT2D eigenvalue weighted by Gasteiger charge is 2.24. The first-order valence-corrected chi connectivity index (χ1v) is 10.4. The van der Waals surface area contributed by atoms with E-state index in [4.69, 9.17) is 0 Å². The average Bonchev–Trinajstić information content (AvgIpc) is 2.79. The molecule has 0 aliphatic heterocycles. The lowest BCUT2D eigenvalue weighted by atomic mass is 10.0. The summed E-state index contributed by atoms with van der Waals surface area (Å²) in [6, 6.07) is 25.3. The van der Waals surface area contributed by atoms with Crippen LogP contribution in [0.25, 0.3) is 0 Å². The van der Waals surface area contributed by atoms with Crippen molar-refractivity contribution in [3.63, 3.8) is 0 Å². The van der Waals surface area contributed by atoms with Crippen molar-refractivity contribution in [3.8, 4) is 0 Å². The van der Waals surface area contributed by atoms with Gasteiger partial charge in [0.2, 0.25) is 5.91 Å². The van der Waals surface area contributed by atoms with Crippen molar-refractivity contribution in [2.24, 2.45) is 0 Å². The first-order valence-electron chi connectivity index (χ1n) is 10.4. The maximum absolute atomic E-state index is 13.1. The lowest BCUT2D eigenvalue weighted by molar-refractivity contribution is -0.124. The summed E-state index contributed by atoms with van der Waals surface area (Å²) in [5, 5.41) is 15.6. The summed E-state index contributed by atoms with van der Waals surface area (Å²) < 4.78 is 0. The Bertz CT molecular complexity index is 990. The number of hydrogen-bond acceptors (Lipinski definition) is 3. The fourth-order valence-electron chi connectivity index (χ4n) is 3.45. The summed E-state index contributed by atoms with van der Waals surface area (Å²) in [5.41, 5.74) is 3.44. The average molecular weight is 417 g/mol. The molecule has 3 aromatic rings. The van der Waals surface area contributed by atoms with Gasteiger partial charge in [0.05, 0.1) is 12.6 Å². The molecule has 5 nitrogen and oxygen atoms in total. The predicted octanol–water partition coefficient (Wildman–Crippen LogP) is 3.06. The van der Waals surface area contributed by atoms with Crippen LogP contribution in [0, 0.1) is 6.92 Å². The van der Waals surface area contributed by atoms with Gasteiger partial charge in [0.15, 0.2) is 0 Å². The lowest BCUT2D eigenvalue weighted by Crippen LogP contribution is -2.52. The number of aryl methyl sites for hydroxylation is 1. The lowest BCUT2D eigenvalue weighted by Gasteiger charge is -2.23. The summed E-state index contributed by atoms with van der Waals surface area (Å²) in [4.78, 5) is 25.9. The van der Waals surface area contributed by atoms with E-state index in [1.54, 1.807) is 12.1 Å². The van der Waals surface area contributed by atoms with E-state index in [1.165, 1.54) is 0 Å². The van der Waals surface area contributed by atoms with Crippen molar-refractivity contribution < 1.29 is 14.7 Å². The van der Waals surface area contributed by atoms with Crippen LogP contribution in [0.2, 0.25) is 0 Å². The Balaban J connectivity index is 1.74. The first kappa shape index (κ1) is 22.2. The topological polar surface area (TPSA) is 78.4 Å². The second-order valence-electron chi connectivity index (χ2n) is 7.66. The molecule has 3 N–H and O–H groups in total. The highest BCUT2D eigenvalue weighted by Crippen LogP contribution is 2.09. The van der Waals surface area contributed by atoms with Crippen molar-refractivity contribution in [2.45, 2.75) is 31.8 Å². The summed E-state index contributed by atoms with van der Waals surface area (Å²) in [6.45, 7) is 1.73. The van der Waals surface area contributed by atoms with Gasteiger partial charge in [-0.2, -0.15) is 0 Å². The van der Waals surface area contributed by atoms with Gasteiger partial charge in [0, 0.05) is 12.0 Å². The minimum Gasteiger partial charge on any atom is -0.394 e. The molecule has 0 radical (unpaired) electrons. The van der Waals surface area contributed by atoms with Gasteiger partial charge >= 0.3 is 0 Å². The highest BCUT2D eigenvalue weighted by atomic mass is 16.3. The van der Waals surface area contributed by atoms with Crippen LogP contribution in [0.4, 0.5) is 0 Å². The Morgan fingerprint density at radius 3 is 2.00 bits per heavy atom. The summed E-state index contributed by atoms with van der Waals surface area (Å²) >= 11 is 0. The first-order chi connectivity index (χ1) is 15.0. The summed E-state index contributed by atoms with van der Waals surface area (Å²) in [7, 11) is 0. The quantitative estimate of drug-likeness (QED) is 0.502. The van der Waals surface area contributed by atoms with Gasteiger partial charge in [0.1, 0.15) is 6.04 Å². The number of nitrogens with one attached hydrogen (secondary N) is 2. The number of carbonyl (C=O) groups is 2. The Labute approximate surface area is 183 Å². The van der Waals surface area contributed by atoms with Gasteiger partial charge in [-0.3, -0.25) is 9.59 Å². The molecule has 0 saturated heterocycles. The Morgan fingerprint density at radius 1 is 0.806 bits per heavy atom. The monoisotopic (exact) mass is 416 g/mol. The molecular weight excluding hydrogens is 388 g/mol. The van der Waals surface area contributed by atoms with E-state index in [0.29, 0.717) is 18.4 Å². The molecule has 1 unspecified atom stereocenters. The standard InChI is InChI=1S/C26H28N2O3/c1-19-9-8-14-22(15-19)25(30)28-24(17-21-12-6-3-7-13-21)26(31)27-23(18-29)16-20-10-4-2-5-11-20/h2-15,23-24,29H,16-18H2,1H3,(H,27,31)(H,28,30)/t23?,24-/m0/s1. The van der Waals surface area contributed by atoms with E-state index in [2.05, 4.69) is 10.6 Å². The summed E-state index contributed by atoms with van der Waals surface area (Å²) in [5.74, 6) is -0.622. The van der Waals surface area contributed by atoms with Crippen molar-refractivity contribution in [1.29, 1.82) is 0 Å². The Hall–Kier alpha value is -3.44. The smallest absolute Gasteiger partial charge is 0.251 e. The molecule has 0 bridgehead atoms. The SMILES string of the molecule is Cc1cccc(C(=O)N[C@@H](Cc2ccccc2)C(=O)NC(CO)Cc2ccccc2)c1. The molecule has 2 atom stereocenters. The number of benzene rings is 3. The summed E-state index contributed by atoms with van der Waals surface area (Å²) in [6.07, 6.45) is 0.862. The van der Waals surface area contributed by atoms with E-state index in [0.717, 1.165) is 16.7 Å². The van der Waals surface area contributed by atoms with Crippen LogP contribution in [0.15, 0.2) is 84.9 Å². The van der Waals surface area contributed by atoms with E-state index < -0.39 is 12.1 Å². The van der Waals surface area contributed by atoms with Crippen molar-refractivity contribution in [1.82, 2.24) is 10.6 Å². The van der Waals surface area contributed by atoms with Crippen molar-refractivity contribution in [2.75, 3.05) is 6.61 Å². The molecule has 0 saturated carbocycles. The second-order valence-corrected chi connectivity index (χ2v) is 7.66. The molecule has 3 rings (SSSR count). The molecule has 31 heavy (non-hydrogen) atoms. The van der Waals surface area contributed by atoms with Crippen LogP contribution in [0.1, 0.15) is 27.0 Å². The van der Waals surface area contributed by atoms with Gasteiger partial charge in [-0.15, -0.1) is 0 Å². The van der Waals surface area contributed by atoms with Gasteiger partial charge in [-0.25, -0.2) is 0 Å². The van der Waals surface area contributed by atoms with Crippen LogP contribution in [0.3, 0.4) is 0 Å². The molecule has 3 aromatic carbocycles. The number of aliphatic hydroxyl groups is 1. The maximum Gasteiger partial charge on any atom is 0.251 e. The number of aliphatic hydroxyl groups excluding tert-OH is 1. The van der Waals surface area contributed by atoms with Crippen LogP contribution in [0.5, 0.6) is 0 Å². The second kappa shape index (κ2) is 11.1. The Morgan fingerprint density at radius 2 is 1.42 bits per heavy atom. The minimum absolute atomic E-state index is 0.190. The predicted molar refractivity (Wildman–Crippen MR) is 122 cm³/mol. The van der Waals surface area contributed by atoms with Crippen LogP contribution in [-0.4, -0.2) is 35.6 Å². The molecule has 160 valence electrons. The molecule has 0 aliphatic rings. The normalized spacial score (nSPS) is 12.6. The van der Waals surface area contributed by atoms with Crippen LogP contribution >= 0.6 is 0 Å². The van der Waals surface area contributed by atoms with Crippen LogP contribution in [-0.2, 0) is 17.6 Å². The fraction of sp³-hybridized carbons (Fsp3) is 0.231. The molecule has 0 aliphatic carbocycles. The van der Waals surface area contributed by atoms with E-state index in [1.807, 2.05) is 79.7 Å². The Kier molecular flexibility index (Phi) is 7.96. The van der Waals surface area contributed by atoms with E-state index in [-0.39, 0.29) is 18.4 Å². The molecule has 0 heterocycles. The largest absolute Gasteiger partial charge is 0.394 e. The zero-order chi connectivity index (χ0) is 22.1. The van der Waals surface area contributed by atoms with E-state index >= 15 is 0 Å². The third kappa shape index (κ3) is 6.79. The molecule has 2 amide bonds. The van der Waals surface area contributed by atoms with E-state index in [9.17, 15) is 14.7 Å². The van der Waals surface area contributed by atoms with Gasteiger partial charge in [-0.1, -0.05) is 78.4 Å². The van der Waals surface area contributed by atoms with Gasteiger partial charge in [-0.05, 0) is 36.6 Å². The third-order valence-corrected chi connectivity index (χ3v) is 5.08. The molecule has 5 heteroatoms. The maximum atomic E-state index is 13.1. The minimum atomic E-state index is -0.764. The van der Waals surface area contributed by atoms with Crippen molar-refractivity contribution >= 4 is 11.8 Å². The zero-order valence-corrected chi connectivity index (χ0v) is 17.6. The molecule has 0 fully saturated rings. The molecule has 0 aromatic heterocycles. The number of rotatable bonds is 9. The molecule has 0 spiro atoms. The highest BCUT2D eigenvalue weighted by molar-refractivity contribution is 5.97. The zero-order valence-electron chi connectivity index (χ0n) is 17.6. The van der Waals surface area contributed by atoms with Crippen molar-refractivity contribution in [3.05, 3.63) is 107 Å². The number of carbonyl (C=O) groups excluding carboxylic acids is 2. The number of hydrogen-bond donors (Lipinski definition) is 3. The fourth-order valence-corrected chi connectivity index (χ4v) is 3.45. The van der Waals surface area contributed by atoms with Gasteiger partial charge < -0.3 is 15.7 Å². The third-order valence-electron chi connectivity index (χ3n) is 5.08. The van der Waals surface area contributed by atoms with Gasteiger partial charge in [0.25, 0.3) is 5.91 Å². The number of amides is 2. The molecular formula is C26H28N2O3.